The first-order valence-electron chi connectivity index (χ1n) is 6.13. The van der Waals surface area contributed by atoms with Gasteiger partial charge in [-0.3, -0.25) is 0 Å². The van der Waals surface area contributed by atoms with Crippen LogP contribution in [0, 0.1) is 5.82 Å². The highest BCUT2D eigenvalue weighted by Gasteiger charge is 2.18. The zero-order chi connectivity index (χ0) is 15.5. The molecule has 0 aliphatic carbocycles. The number of nitrogens with one attached hydrogen (secondary N) is 1. The molecule has 0 bridgehead atoms. The quantitative estimate of drug-likeness (QED) is 0.897. The van der Waals surface area contributed by atoms with Crippen molar-refractivity contribution in [2.45, 2.75) is 11.4 Å². The molecular formula is C13H15FN4O2S. The Labute approximate surface area is 122 Å². The molecule has 1 aromatic carbocycles. The Bertz CT molecular complexity index is 734. The first kappa shape index (κ1) is 15.3. The van der Waals surface area contributed by atoms with Crippen LogP contribution in [0.4, 0.5) is 10.2 Å². The molecule has 8 heteroatoms. The van der Waals surface area contributed by atoms with Crippen LogP contribution in [0.25, 0.3) is 0 Å². The van der Waals surface area contributed by atoms with E-state index in [2.05, 4.69) is 14.7 Å². The zero-order valence-corrected chi connectivity index (χ0v) is 12.4. The van der Waals surface area contributed by atoms with Gasteiger partial charge in [0.25, 0.3) is 0 Å². The van der Waals surface area contributed by atoms with Crippen molar-refractivity contribution in [2.75, 3.05) is 19.0 Å². The van der Waals surface area contributed by atoms with Gasteiger partial charge in [0.05, 0.1) is 6.54 Å². The third-order valence-corrected chi connectivity index (χ3v) is 4.13. The summed E-state index contributed by atoms with van der Waals surface area (Å²) in [6.45, 7) is -0.113. The van der Waals surface area contributed by atoms with E-state index < -0.39 is 20.7 Å². The molecule has 0 amide bonds. The molecule has 0 aliphatic heterocycles. The van der Waals surface area contributed by atoms with Crippen molar-refractivity contribution in [3.05, 3.63) is 48.2 Å². The number of aromatic nitrogens is 2. The Hall–Kier alpha value is -2.06. The predicted octanol–water partition coefficient (Wildman–Crippen LogP) is 1.16. The zero-order valence-electron chi connectivity index (χ0n) is 11.6. The van der Waals surface area contributed by atoms with Crippen LogP contribution in [0.3, 0.4) is 0 Å². The summed E-state index contributed by atoms with van der Waals surface area (Å²) < 4.78 is 39.9. The number of rotatable bonds is 5. The molecule has 0 fully saturated rings. The molecular weight excluding hydrogens is 295 g/mol. The second kappa shape index (κ2) is 6.15. The maximum absolute atomic E-state index is 13.5. The molecule has 0 saturated carbocycles. The average molecular weight is 310 g/mol. The molecule has 1 aromatic heterocycles. The van der Waals surface area contributed by atoms with E-state index in [0.717, 1.165) is 6.07 Å². The second-order valence-corrected chi connectivity index (χ2v) is 6.22. The third kappa shape index (κ3) is 3.73. The summed E-state index contributed by atoms with van der Waals surface area (Å²) in [5.74, 6) is 0.166. The van der Waals surface area contributed by atoms with Gasteiger partial charge in [-0.05, 0) is 18.2 Å². The summed E-state index contributed by atoms with van der Waals surface area (Å²) in [7, 11) is -0.311. The van der Waals surface area contributed by atoms with Crippen LogP contribution in [-0.2, 0) is 16.6 Å². The van der Waals surface area contributed by atoms with Gasteiger partial charge in [-0.15, -0.1) is 0 Å². The number of halogens is 1. The van der Waals surface area contributed by atoms with Crippen LogP contribution in [-0.4, -0.2) is 32.5 Å². The highest BCUT2D eigenvalue weighted by molar-refractivity contribution is 7.89. The normalized spacial score (nSPS) is 11.4. The van der Waals surface area contributed by atoms with Crippen LogP contribution >= 0.6 is 0 Å². The maximum Gasteiger partial charge on any atom is 0.243 e. The molecule has 0 radical (unpaired) electrons. The van der Waals surface area contributed by atoms with Crippen molar-refractivity contribution in [1.82, 2.24) is 14.7 Å². The Morgan fingerprint density at radius 1 is 1.24 bits per heavy atom. The van der Waals surface area contributed by atoms with Gasteiger partial charge in [-0.2, -0.15) is 0 Å². The minimum atomic E-state index is -3.94. The van der Waals surface area contributed by atoms with Gasteiger partial charge in [0.1, 0.15) is 22.4 Å². The predicted molar refractivity (Wildman–Crippen MR) is 76.8 cm³/mol. The summed E-state index contributed by atoms with van der Waals surface area (Å²) in [4.78, 5) is 9.55. The largest absolute Gasteiger partial charge is 0.363 e. The van der Waals surface area contributed by atoms with Gasteiger partial charge in [0.2, 0.25) is 10.0 Å². The van der Waals surface area contributed by atoms with Crippen molar-refractivity contribution in [1.29, 1.82) is 0 Å². The maximum atomic E-state index is 13.5. The Balaban J connectivity index is 2.16. The molecule has 0 spiro atoms. The fourth-order valence-electron chi connectivity index (χ4n) is 1.62. The topological polar surface area (TPSA) is 75.2 Å². The van der Waals surface area contributed by atoms with Crippen LogP contribution in [0.1, 0.15) is 5.82 Å². The molecule has 1 N–H and O–H groups in total. The van der Waals surface area contributed by atoms with Gasteiger partial charge in [0, 0.05) is 20.3 Å². The van der Waals surface area contributed by atoms with Crippen molar-refractivity contribution >= 4 is 15.8 Å². The lowest BCUT2D eigenvalue weighted by molar-refractivity contribution is 0.555. The van der Waals surface area contributed by atoms with E-state index in [4.69, 9.17) is 0 Å². The number of sulfonamides is 1. The second-order valence-electron chi connectivity index (χ2n) is 4.48. The van der Waals surface area contributed by atoms with E-state index in [0.29, 0.717) is 11.6 Å². The Kier molecular flexibility index (Phi) is 4.49. The number of nitrogens with zero attached hydrogens (tertiary/aromatic N) is 3. The molecule has 0 saturated heterocycles. The lowest BCUT2D eigenvalue weighted by atomic mass is 10.4. The molecule has 2 rings (SSSR count). The minimum absolute atomic E-state index is 0.113. The minimum Gasteiger partial charge on any atom is -0.363 e. The van der Waals surface area contributed by atoms with Gasteiger partial charge in [-0.1, -0.05) is 12.1 Å². The number of hydrogen-bond acceptors (Lipinski definition) is 5. The van der Waals surface area contributed by atoms with E-state index in [1.54, 1.807) is 11.0 Å². The van der Waals surface area contributed by atoms with Crippen LogP contribution in [0.5, 0.6) is 0 Å². The monoisotopic (exact) mass is 310 g/mol. The highest BCUT2D eigenvalue weighted by atomic mass is 32.2. The van der Waals surface area contributed by atoms with Gasteiger partial charge in [-0.25, -0.2) is 27.5 Å². The fraction of sp³-hybridized carbons (Fsp3) is 0.231. The highest BCUT2D eigenvalue weighted by Crippen LogP contribution is 2.13. The molecule has 112 valence electrons. The lowest BCUT2D eigenvalue weighted by Gasteiger charge is -2.12. The van der Waals surface area contributed by atoms with E-state index in [9.17, 15) is 12.8 Å². The van der Waals surface area contributed by atoms with Gasteiger partial charge >= 0.3 is 0 Å². The summed E-state index contributed by atoms with van der Waals surface area (Å²) in [5, 5.41) is 0. The first-order chi connectivity index (χ1) is 9.90. The smallest absolute Gasteiger partial charge is 0.243 e. The number of anilines is 1. The fourth-order valence-corrected chi connectivity index (χ4v) is 2.68. The van der Waals surface area contributed by atoms with Crippen LogP contribution < -0.4 is 9.62 Å². The Morgan fingerprint density at radius 3 is 2.62 bits per heavy atom. The molecule has 6 nitrogen and oxygen atoms in total. The van der Waals surface area contributed by atoms with Crippen molar-refractivity contribution in [3.8, 4) is 0 Å². The summed E-state index contributed by atoms with van der Waals surface area (Å²) >= 11 is 0. The SMILES string of the molecule is CN(C)c1ccnc(CNS(=O)(=O)c2ccccc2F)n1. The molecule has 2 aromatic rings. The number of benzene rings is 1. The van der Waals surface area contributed by atoms with Gasteiger partial charge < -0.3 is 4.90 Å². The molecule has 0 aliphatic rings. The van der Waals surface area contributed by atoms with E-state index in [1.165, 1.54) is 24.4 Å². The summed E-state index contributed by atoms with van der Waals surface area (Å²) in [6.07, 6.45) is 1.54. The molecule has 21 heavy (non-hydrogen) atoms. The third-order valence-electron chi connectivity index (χ3n) is 2.70. The summed E-state index contributed by atoms with van der Waals surface area (Å²) in [5.41, 5.74) is 0. The Morgan fingerprint density at radius 2 is 1.95 bits per heavy atom. The van der Waals surface area contributed by atoms with Crippen molar-refractivity contribution in [2.24, 2.45) is 0 Å². The van der Waals surface area contributed by atoms with Crippen LogP contribution in [0.2, 0.25) is 0 Å². The standard InChI is InChI=1S/C13H15FN4O2S/c1-18(2)13-7-8-15-12(17-13)9-16-21(19,20)11-6-4-3-5-10(11)14/h3-8,16H,9H2,1-2H3. The molecule has 0 unspecified atom stereocenters. The van der Waals surface area contributed by atoms with Crippen LogP contribution in [0.15, 0.2) is 41.4 Å². The van der Waals surface area contributed by atoms with E-state index in [-0.39, 0.29) is 6.54 Å². The average Bonchev–Trinajstić information content (AvgIpc) is 2.46. The molecule has 0 atom stereocenters. The van der Waals surface area contributed by atoms with E-state index >= 15 is 0 Å². The van der Waals surface area contributed by atoms with E-state index in [1.807, 2.05) is 14.1 Å². The van der Waals surface area contributed by atoms with Crippen molar-refractivity contribution < 1.29 is 12.8 Å². The van der Waals surface area contributed by atoms with Crippen molar-refractivity contribution in [3.63, 3.8) is 0 Å². The van der Waals surface area contributed by atoms with Gasteiger partial charge in [0.15, 0.2) is 0 Å². The summed E-state index contributed by atoms with van der Waals surface area (Å²) in [6, 6.07) is 6.89. The first-order valence-corrected chi connectivity index (χ1v) is 7.62. The number of hydrogen-bond donors (Lipinski definition) is 1. The molecule has 1 heterocycles. The lowest BCUT2D eigenvalue weighted by Crippen LogP contribution is -2.25.